The van der Waals surface area contributed by atoms with Crippen LogP contribution in [0.1, 0.15) is 17.3 Å². The summed E-state index contributed by atoms with van der Waals surface area (Å²) in [6.45, 7) is 1.21. The van der Waals surface area contributed by atoms with Crippen LogP contribution in [-0.4, -0.2) is 10.7 Å². The second kappa shape index (κ2) is 3.99. The largest absolute Gasteiger partial charge is 0.294 e. The number of nitro groups is 1. The summed E-state index contributed by atoms with van der Waals surface area (Å²) < 4.78 is 13.1. The Labute approximate surface area is 92.4 Å². The number of Topliss-reactive ketones (excluding diaryl/α,β-unsaturated/α-hetero) is 1. The summed E-state index contributed by atoms with van der Waals surface area (Å²) in [5.41, 5.74) is -0.529. The standard InChI is InChI=1S/C8H5FINO3/c1-4(12)8-6(10)2-5(9)3-7(8)11(13)14/h2-3H,1H3. The normalized spacial score (nSPS) is 9.93. The van der Waals surface area contributed by atoms with Gasteiger partial charge in [-0.2, -0.15) is 0 Å². The summed E-state index contributed by atoms with van der Waals surface area (Å²) >= 11 is 1.69. The van der Waals surface area contributed by atoms with E-state index in [0.717, 1.165) is 12.1 Å². The molecule has 0 N–H and O–H groups in total. The molecule has 0 aromatic heterocycles. The number of halogens is 2. The molecule has 74 valence electrons. The Hall–Kier alpha value is -1.05. The zero-order valence-corrected chi connectivity index (χ0v) is 9.24. The number of benzene rings is 1. The van der Waals surface area contributed by atoms with Crippen LogP contribution < -0.4 is 0 Å². The molecule has 0 aliphatic heterocycles. The Bertz CT molecular complexity index is 419. The van der Waals surface area contributed by atoms with E-state index in [-0.39, 0.29) is 9.13 Å². The molecule has 0 amide bonds. The lowest BCUT2D eigenvalue weighted by Crippen LogP contribution is -2.03. The fourth-order valence-corrected chi connectivity index (χ4v) is 2.01. The minimum atomic E-state index is -0.762. The molecule has 14 heavy (non-hydrogen) atoms. The molecule has 0 heterocycles. The van der Waals surface area contributed by atoms with Gasteiger partial charge < -0.3 is 0 Å². The number of carbonyl (C=O) groups is 1. The summed E-state index contributed by atoms with van der Waals surface area (Å²) in [6, 6.07) is 1.84. The van der Waals surface area contributed by atoms with Crippen molar-refractivity contribution in [1.29, 1.82) is 0 Å². The number of rotatable bonds is 2. The van der Waals surface area contributed by atoms with Gasteiger partial charge in [-0.1, -0.05) is 0 Å². The van der Waals surface area contributed by atoms with Crippen molar-refractivity contribution in [2.45, 2.75) is 6.92 Å². The summed E-state index contributed by atoms with van der Waals surface area (Å²) in [7, 11) is 0. The van der Waals surface area contributed by atoms with Crippen molar-refractivity contribution in [3.8, 4) is 0 Å². The summed E-state index contributed by atoms with van der Waals surface area (Å²) in [6.07, 6.45) is 0. The molecule has 1 aromatic rings. The van der Waals surface area contributed by atoms with Crippen molar-refractivity contribution >= 4 is 34.1 Å². The molecule has 0 aliphatic carbocycles. The molecule has 0 fully saturated rings. The van der Waals surface area contributed by atoms with Crippen LogP contribution in [-0.2, 0) is 0 Å². The topological polar surface area (TPSA) is 60.2 Å². The van der Waals surface area contributed by atoms with Gasteiger partial charge in [0, 0.05) is 3.57 Å². The van der Waals surface area contributed by atoms with E-state index in [1.54, 1.807) is 22.6 Å². The van der Waals surface area contributed by atoms with E-state index in [4.69, 9.17) is 0 Å². The van der Waals surface area contributed by atoms with Crippen LogP contribution in [0.2, 0.25) is 0 Å². The number of ketones is 1. The van der Waals surface area contributed by atoms with Crippen LogP contribution in [0.5, 0.6) is 0 Å². The van der Waals surface area contributed by atoms with Crippen molar-refractivity contribution in [2.75, 3.05) is 0 Å². The van der Waals surface area contributed by atoms with Gasteiger partial charge in [0.2, 0.25) is 0 Å². The van der Waals surface area contributed by atoms with Gasteiger partial charge in [-0.05, 0) is 35.6 Å². The van der Waals surface area contributed by atoms with Crippen LogP contribution >= 0.6 is 22.6 Å². The molecular formula is C8H5FINO3. The number of hydrogen-bond acceptors (Lipinski definition) is 3. The Balaban J connectivity index is 3.52. The number of carbonyl (C=O) groups excluding carboxylic acids is 1. The van der Waals surface area contributed by atoms with E-state index >= 15 is 0 Å². The summed E-state index contributed by atoms with van der Waals surface area (Å²) in [5, 5.41) is 10.5. The molecule has 0 radical (unpaired) electrons. The third-order valence-corrected chi connectivity index (χ3v) is 2.43. The average Bonchev–Trinajstić information content (AvgIpc) is 2.01. The van der Waals surface area contributed by atoms with Crippen molar-refractivity contribution in [3.63, 3.8) is 0 Å². The molecule has 1 rings (SSSR count). The number of nitrogens with zero attached hydrogens (tertiary/aromatic N) is 1. The maximum atomic E-state index is 12.8. The molecule has 6 heteroatoms. The van der Waals surface area contributed by atoms with Crippen molar-refractivity contribution < 1.29 is 14.1 Å². The molecule has 0 atom stereocenters. The van der Waals surface area contributed by atoms with E-state index in [0.29, 0.717) is 0 Å². The second-order valence-corrected chi connectivity index (χ2v) is 3.76. The fraction of sp³-hybridized carbons (Fsp3) is 0.125. The van der Waals surface area contributed by atoms with E-state index < -0.39 is 22.2 Å². The molecular weight excluding hydrogens is 304 g/mol. The predicted octanol–water partition coefficient (Wildman–Crippen LogP) is 2.54. The highest BCUT2D eigenvalue weighted by molar-refractivity contribution is 14.1. The average molecular weight is 309 g/mol. The van der Waals surface area contributed by atoms with Crippen LogP contribution in [0.4, 0.5) is 10.1 Å². The van der Waals surface area contributed by atoms with Crippen LogP contribution in [0.25, 0.3) is 0 Å². The Morgan fingerprint density at radius 2 is 2.14 bits per heavy atom. The van der Waals surface area contributed by atoms with Gasteiger partial charge in [-0.25, -0.2) is 4.39 Å². The third kappa shape index (κ3) is 2.06. The maximum Gasteiger partial charge on any atom is 0.284 e. The molecule has 0 aliphatic rings. The first-order chi connectivity index (χ1) is 6.43. The number of nitro benzene ring substituents is 1. The van der Waals surface area contributed by atoms with E-state index in [1.807, 2.05) is 0 Å². The number of hydrogen-bond donors (Lipinski definition) is 0. The van der Waals surface area contributed by atoms with Crippen molar-refractivity contribution in [3.05, 3.63) is 37.2 Å². The molecule has 0 saturated carbocycles. The summed E-state index contributed by atoms with van der Waals surface area (Å²) in [5.74, 6) is -1.16. The highest BCUT2D eigenvalue weighted by Gasteiger charge is 2.21. The second-order valence-electron chi connectivity index (χ2n) is 2.60. The fourth-order valence-electron chi connectivity index (χ4n) is 1.05. The van der Waals surface area contributed by atoms with Crippen LogP contribution in [0, 0.1) is 19.5 Å². The Kier molecular flexibility index (Phi) is 3.14. The van der Waals surface area contributed by atoms with Gasteiger partial charge in [0.05, 0.1) is 11.0 Å². The highest BCUT2D eigenvalue weighted by atomic mass is 127. The van der Waals surface area contributed by atoms with Crippen molar-refractivity contribution in [1.82, 2.24) is 0 Å². The third-order valence-electron chi connectivity index (χ3n) is 1.58. The minimum Gasteiger partial charge on any atom is -0.294 e. The van der Waals surface area contributed by atoms with E-state index in [1.165, 1.54) is 6.92 Å². The molecule has 4 nitrogen and oxygen atoms in total. The van der Waals surface area contributed by atoms with Gasteiger partial charge in [-0.3, -0.25) is 14.9 Å². The Morgan fingerprint density at radius 1 is 1.57 bits per heavy atom. The first kappa shape index (κ1) is 11.0. The van der Waals surface area contributed by atoms with Gasteiger partial charge in [0.15, 0.2) is 5.78 Å². The smallest absolute Gasteiger partial charge is 0.284 e. The maximum absolute atomic E-state index is 12.8. The van der Waals surface area contributed by atoms with Gasteiger partial charge in [-0.15, -0.1) is 0 Å². The first-order valence-corrected chi connectivity index (χ1v) is 4.65. The zero-order valence-electron chi connectivity index (χ0n) is 7.08. The molecule has 1 aromatic carbocycles. The lowest BCUT2D eigenvalue weighted by molar-refractivity contribution is -0.385. The lowest BCUT2D eigenvalue weighted by Gasteiger charge is -2.01. The van der Waals surface area contributed by atoms with Crippen LogP contribution in [0.3, 0.4) is 0 Å². The van der Waals surface area contributed by atoms with Gasteiger partial charge in [0.1, 0.15) is 11.4 Å². The quantitative estimate of drug-likeness (QED) is 0.365. The SMILES string of the molecule is CC(=O)c1c(I)cc(F)cc1[N+](=O)[O-]. The lowest BCUT2D eigenvalue weighted by atomic mass is 10.1. The molecule has 0 bridgehead atoms. The molecule has 0 unspecified atom stereocenters. The summed E-state index contributed by atoms with van der Waals surface area (Å²) in [4.78, 5) is 20.8. The van der Waals surface area contributed by atoms with Gasteiger partial charge in [0.25, 0.3) is 5.69 Å². The van der Waals surface area contributed by atoms with Crippen LogP contribution in [0.15, 0.2) is 12.1 Å². The molecule has 0 spiro atoms. The predicted molar refractivity (Wildman–Crippen MR) is 55.8 cm³/mol. The minimum absolute atomic E-state index is 0.0444. The highest BCUT2D eigenvalue weighted by Crippen LogP contribution is 2.25. The molecule has 0 saturated heterocycles. The Morgan fingerprint density at radius 3 is 2.57 bits per heavy atom. The first-order valence-electron chi connectivity index (χ1n) is 3.58. The zero-order chi connectivity index (χ0) is 10.9. The van der Waals surface area contributed by atoms with Crippen molar-refractivity contribution in [2.24, 2.45) is 0 Å². The van der Waals surface area contributed by atoms with E-state index in [2.05, 4.69) is 0 Å². The van der Waals surface area contributed by atoms with E-state index in [9.17, 15) is 19.3 Å². The monoisotopic (exact) mass is 309 g/mol. The van der Waals surface area contributed by atoms with Gasteiger partial charge >= 0.3 is 0 Å².